The van der Waals surface area contributed by atoms with E-state index >= 15 is 0 Å². The van der Waals surface area contributed by atoms with E-state index in [2.05, 4.69) is 11.4 Å². The highest BCUT2D eigenvalue weighted by atomic mass is 32.1. The molecule has 3 nitrogen and oxygen atoms in total. The van der Waals surface area contributed by atoms with Gasteiger partial charge in [0, 0.05) is 16.5 Å². The van der Waals surface area contributed by atoms with Gasteiger partial charge in [-0.1, -0.05) is 25.3 Å². The number of hydrogen-bond donors (Lipinski definition) is 0. The van der Waals surface area contributed by atoms with Gasteiger partial charge in [-0.25, -0.2) is 0 Å². The summed E-state index contributed by atoms with van der Waals surface area (Å²) in [4.78, 5) is 16.2. The van der Waals surface area contributed by atoms with Crippen LogP contribution in [0, 0.1) is 5.92 Å². The zero-order chi connectivity index (χ0) is 16.1. The van der Waals surface area contributed by atoms with E-state index in [-0.39, 0.29) is 11.8 Å². The largest absolute Gasteiger partial charge is 0.497 e. The van der Waals surface area contributed by atoms with Crippen molar-refractivity contribution in [2.75, 3.05) is 12.0 Å². The second-order valence-corrected chi connectivity index (χ2v) is 7.07. The highest BCUT2D eigenvalue weighted by molar-refractivity contribution is 7.09. The molecule has 0 spiro atoms. The van der Waals surface area contributed by atoms with Crippen molar-refractivity contribution in [3.8, 4) is 5.75 Å². The Labute approximate surface area is 141 Å². The van der Waals surface area contributed by atoms with Crippen LogP contribution in [0.3, 0.4) is 0 Å². The topological polar surface area (TPSA) is 29.5 Å². The minimum atomic E-state index is 0.172. The fourth-order valence-electron chi connectivity index (χ4n) is 3.19. The lowest BCUT2D eigenvalue weighted by Crippen LogP contribution is -2.36. The van der Waals surface area contributed by atoms with Crippen LogP contribution in [-0.2, 0) is 11.3 Å². The third kappa shape index (κ3) is 3.94. The molecule has 1 heterocycles. The van der Waals surface area contributed by atoms with Gasteiger partial charge in [-0.05, 0) is 48.6 Å². The zero-order valence-electron chi connectivity index (χ0n) is 13.5. The van der Waals surface area contributed by atoms with Crippen molar-refractivity contribution in [3.63, 3.8) is 0 Å². The van der Waals surface area contributed by atoms with Crippen LogP contribution in [0.1, 0.15) is 37.0 Å². The highest BCUT2D eigenvalue weighted by Crippen LogP contribution is 2.30. The molecule has 1 aliphatic rings. The average Bonchev–Trinajstić information content (AvgIpc) is 3.13. The van der Waals surface area contributed by atoms with Gasteiger partial charge in [0.15, 0.2) is 0 Å². The van der Waals surface area contributed by atoms with Crippen LogP contribution < -0.4 is 9.64 Å². The number of carbonyl (C=O) groups excluding carboxylic acids is 1. The number of nitrogens with zero attached hydrogens (tertiary/aromatic N) is 1. The Morgan fingerprint density at radius 2 is 1.91 bits per heavy atom. The van der Waals surface area contributed by atoms with E-state index in [1.807, 2.05) is 35.2 Å². The van der Waals surface area contributed by atoms with Gasteiger partial charge < -0.3 is 9.64 Å². The molecule has 0 radical (unpaired) electrons. The summed E-state index contributed by atoms with van der Waals surface area (Å²) in [6, 6.07) is 11.9. The molecule has 1 saturated carbocycles. The van der Waals surface area contributed by atoms with Crippen LogP contribution in [0.25, 0.3) is 0 Å². The average molecular weight is 329 g/mol. The van der Waals surface area contributed by atoms with Gasteiger partial charge in [0.2, 0.25) is 5.91 Å². The van der Waals surface area contributed by atoms with Crippen molar-refractivity contribution in [2.45, 2.75) is 38.6 Å². The molecule has 4 heteroatoms. The number of hydrogen-bond acceptors (Lipinski definition) is 3. The van der Waals surface area contributed by atoms with Gasteiger partial charge in [0.05, 0.1) is 13.7 Å². The monoisotopic (exact) mass is 329 g/mol. The lowest BCUT2D eigenvalue weighted by atomic mass is 9.88. The quantitative estimate of drug-likeness (QED) is 0.783. The predicted octanol–water partition coefficient (Wildman–Crippen LogP) is 4.87. The van der Waals surface area contributed by atoms with E-state index in [1.54, 1.807) is 18.4 Å². The number of ether oxygens (including phenoxy) is 1. The molecular formula is C19H23NO2S. The van der Waals surface area contributed by atoms with Crippen molar-refractivity contribution < 1.29 is 9.53 Å². The Bertz CT molecular complexity index is 615. The van der Waals surface area contributed by atoms with Gasteiger partial charge >= 0.3 is 0 Å². The lowest BCUT2D eigenvalue weighted by Gasteiger charge is -2.29. The maximum Gasteiger partial charge on any atom is 0.230 e. The van der Waals surface area contributed by atoms with Crippen molar-refractivity contribution >= 4 is 22.9 Å². The normalized spacial score (nSPS) is 15.3. The first-order valence-corrected chi connectivity index (χ1v) is 9.13. The number of amides is 1. The van der Waals surface area contributed by atoms with E-state index in [9.17, 15) is 4.79 Å². The van der Waals surface area contributed by atoms with Crippen molar-refractivity contribution in [1.29, 1.82) is 0 Å². The van der Waals surface area contributed by atoms with E-state index in [0.717, 1.165) is 24.3 Å². The van der Waals surface area contributed by atoms with Crippen LogP contribution in [0.4, 0.5) is 5.69 Å². The summed E-state index contributed by atoms with van der Waals surface area (Å²) in [5.74, 6) is 1.25. The SMILES string of the molecule is COc1ccc(N(Cc2cccs2)C(=O)C2CCCCC2)cc1. The first-order chi connectivity index (χ1) is 11.3. The number of methoxy groups -OCH3 is 1. The lowest BCUT2D eigenvalue weighted by molar-refractivity contribution is -0.123. The summed E-state index contributed by atoms with van der Waals surface area (Å²) in [7, 11) is 1.66. The van der Waals surface area contributed by atoms with Gasteiger partial charge in [-0.15, -0.1) is 11.3 Å². The van der Waals surface area contributed by atoms with Crippen molar-refractivity contribution in [2.24, 2.45) is 5.92 Å². The minimum Gasteiger partial charge on any atom is -0.497 e. The minimum absolute atomic E-state index is 0.172. The second-order valence-electron chi connectivity index (χ2n) is 6.04. The molecular weight excluding hydrogens is 306 g/mol. The Morgan fingerprint density at radius 3 is 2.52 bits per heavy atom. The fraction of sp³-hybridized carbons (Fsp3) is 0.421. The zero-order valence-corrected chi connectivity index (χ0v) is 14.3. The molecule has 23 heavy (non-hydrogen) atoms. The number of thiophene rings is 1. The molecule has 0 atom stereocenters. The summed E-state index contributed by atoms with van der Waals surface area (Å²) in [6.07, 6.45) is 5.65. The molecule has 1 aromatic carbocycles. The Hall–Kier alpha value is -1.81. The van der Waals surface area contributed by atoms with Crippen LogP contribution in [-0.4, -0.2) is 13.0 Å². The molecule has 1 aromatic heterocycles. The molecule has 1 fully saturated rings. The van der Waals surface area contributed by atoms with Crippen LogP contribution in [0.15, 0.2) is 41.8 Å². The van der Waals surface area contributed by atoms with E-state index in [4.69, 9.17) is 4.74 Å². The maximum atomic E-state index is 13.1. The number of anilines is 1. The molecule has 122 valence electrons. The van der Waals surface area contributed by atoms with Gasteiger partial charge in [-0.2, -0.15) is 0 Å². The third-order valence-electron chi connectivity index (χ3n) is 4.50. The first kappa shape index (κ1) is 16.1. The van der Waals surface area contributed by atoms with Crippen LogP contribution in [0.5, 0.6) is 5.75 Å². The summed E-state index contributed by atoms with van der Waals surface area (Å²) in [5.41, 5.74) is 0.953. The predicted molar refractivity (Wildman–Crippen MR) is 95.1 cm³/mol. The Morgan fingerprint density at radius 1 is 1.17 bits per heavy atom. The Kier molecular flexibility index (Phi) is 5.34. The summed E-state index contributed by atoms with van der Waals surface area (Å²) < 4.78 is 5.23. The maximum absolute atomic E-state index is 13.1. The molecule has 0 bridgehead atoms. The summed E-state index contributed by atoms with van der Waals surface area (Å²) in [5, 5.41) is 2.06. The number of benzene rings is 1. The van der Waals surface area contributed by atoms with E-state index < -0.39 is 0 Å². The van der Waals surface area contributed by atoms with Gasteiger partial charge in [0.1, 0.15) is 5.75 Å². The standard InChI is InChI=1S/C19H23NO2S/c1-22-17-11-9-16(10-12-17)20(14-18-8-5-13-23-18)19(21)15-6-3-2-4-7-15/h5,8-13,15H,2-4,6-7,14H2,1H3. The van der Waals surface area contributed by atoms with Crippen molar-refractivity contribution in [3.05, 3.63) is 46.7 Å². The first-order valence-electron chi connectivity index (χ1n) is 8.26. The molecule has 0 saturated heterocycles. The molecule has 2 aromatic rings. The smallest absolute Gasteiger partial charge is 0.230 e. The van der Waals surface area contributed by atoms with Crippen molar-refractivity contribution in [1.82, 2.24) is 0 Å². The van der Waals surface area contributed by atoms with E-state index in [1.165, 1.54) is 24.1 Å². The van der Waals surface area contributed by atoms with Gasteiger partial charge in [-0.3, -0.25) is 4.79 Å². The number of carbonyl (C=O) groups is 1. The highest BCUT2D eigenvalue weighted by Gasteiger charge is 2.27. The molecule has 1 amide bonds. The summed E-state index contributed by atoms with van der Waals surface area (Å²) >= 11 is 1.70. The second kappa shape index (κ2) is 7.64. The number of rotatable bonds is 5. The third-order valence-corrected chi connectivity index (χ3v) is 5.36. The van der Waals surface area contributed by atoms with E-state index in [0.29, 0.717) is 6.54 Å². The van der Waals surface area contributed by atoms with Crippen LogP contribution in [0.2, 0.25) is 0 Å². The van der Waals surface area contributed by atoms with Crippen LogP contribution >= 0.6 is 11.3 Å². The molecule has 1 aliphatic carbocycles. The Balaban J connectivity index is 1.83. The molecule has 3 rings (SSSR count). The molecule has 0 aliphatic heterocycles. The molecule has 0 unspecified atom stereocenters. The summed E-state index contributed by atoms with van der Waals surface area (Å²) in [6.45, 7) is 0.652. The fourth-order valence-corrected chi connectivity index (χ4v) is 3.88. The van der Waals surface area contributed by atoms with Gasteiger partial charge in [0.25, 0.3) is 0 Å². The molecule has 0 N–H and O–H groups in total.